The Kier molecular flexibility index (Phi) is 6.39. The van der Waals surface area contributed by atoms with Gasteiger partial charge in [0.25, 0.3) is 0 Å². The molecule has 1 amide bonds. The van der Waals surface area contributed by atoms with E-state index in [0.717, 1.165) is 0 Å². The molecule has 0 bridgehead atoms. The molecule has 0 aliphatic carbocycles. The lowest BCUT2D eigenvalue weighted by atomic mass is 10.1. The van der Waals surface area contributed by atoms with Gasteiger partial charge in [-0.2, -0.15) is 5.10 Å². The molecule has 4 rings (SSSR count). The average molecular weight is 488 g/mol. The lowest BCUT2D eigenvalue weighted by molar-refractivity contribution is -0.166. The van der Waals surface area contributed by atoms with Crippen molar-refractivity contribution in [1.29, 1.82) is 0 Å². The molecule has 35 heavy (non-hydrogen) atoms. The topological polar surface area (TPSA) is 164 Å². The number of anilines is 1. The minimum Gasteiger partial charge on any atom is -0.463 e. The first kappa shape index (κ1) is 24.1. The summed E-state index contributed by atoms with van der Waals surface area (Å²) in [5.41, 5.74) is 0.910. The summed E-state index contributed by atoms with van der Waals surface area (Å²) in [4.78, 5) is 55.7. The Morgan fingerprint density at radius 1 is 1.03 bits per heavy atom. The fraction of sp³-hybridized carbons (Fsp3) is 0.476. The van der Waals surface area contributed by atoms with Gasteiger partial charge in [0, 0.05) is 40.9 Å². The highest BCUT2D eigenvalue weighted by Crippen LogP contribution is 2.39. The number of esters is 3. The van der Waals surface area contributed by atoms with E-state index in [2.05, 4.69) is 20.4 Å². The van der Waals surface area contributed by atoms with E-state index in [9.17, 15) is 19.2 Å². The SMILES string of the molecule is CC(=O)NC1=NN(C)c2ncnc3c2c1cn3[C@@H]1O[C@H](COC(C)=O)[C@@H](OC(C)=O)[C@H]1OC(C)=O. The number of amidine groups is 1. The molecular formula is C21H24N6O8. The lowest BCUT2D eigenvalue weighted by Gasteiger charge is -2.24. The molecule has 2 aromatic rings. The normalized spacial score (nSPS) is 23.0. The van der Waals surface area contributed by atoms with Gasteiger partial charge in [-0.05, 0) is 0 Å². The number of rotatable bonds is 5. The molecule has 0 saturated carbocycles. The van der Waals surface area contributed by atoms with Crippen molar-refractivity contribution < 1.29 is 38.1 Å². The molecule has 2 aliphatic heterocycles. The van der Waals surface area contributed by atoms with Crippen molar-refractivity contribution in [2.45, 2.75) is 52.2 Å². The molecule has 14 heteroatoms. The Balaban J connectivity index is 1.83. The number of amides is 1. The van der Waals surface area contributed by atoms with Gasteiger partial charge in [0.2, 0.25) is 5.91 Å². The van der Waals surface area contributed by atoms with Gasteiger partial charge in [-0.1, -0.05) is 0 Å². The number of hydrazone groups is 1. The number of carbonyl (C=O) groups excluding carboxylic acids is 4. The third-order valence-corrected chi connectivity index (χ3v) is 5.31. The van der Waals surface area contributed by atoms with Gasteiger partial charge in [-0.25, -0.2) is 15.0 Å². The van der Waals surface area contributed by atoms with Crippen LogP contribution >= 0.6 is 0 Å². The van der Waals surface area contributed by atoms with Gasteiger partial charge in [-0.3, -0.25) is 19.2 Å². The average Bonchev–Trinajstić information content (AvgIpc) is 3.29. The van der Waals surface area contributed by atoms with Gasteiger partial charge in [-0.15, -0.1) is 0 Å². The molecule has 4 heterocycles. The zero-order chi connectivity index (χ0) is 25.4. The van der Waals surface area contributed by atoms with E-state index < -0.39 is 42.4 Å². The van der Waals surface area contributed by atoms with Gasteiger partial charge < -0.3 is 28.8 Å². The number of nitrogens with one attached hydrogen (secondary N) is 1. The van der Waals surface area contributed by atoms with Crippen LogP contribution in [0, 0.1) is 0 Å². The standard InChI is InChI=1S/C21H24N6O8/c1-9(28)24-18-13-6-27(20-15(13)19(22-8-23-20)26(5)25-18)21-17(34-12(4)31)16(33-11(3)30)14(35-21)7-32-10(2)29/h6,8,14,16-17,21H,7H2,1-5H3,(H,24,25,28)/t14-,16-,17-,21-/m1/s1. The molecule has 4 atom stereocenters. The van der Waals surface area contributed by atoms with E-state index in [4.69, 9.17) is 18.9 Å². The van der Waals surface area contributed by atoms with Crippen LogP contribution in [-0.4, -0.2) is 76.2 Å². The molecule has 186 valence electrons. The van der Waals surface area contributed by atoms with Gasteiger partial charge in [0.15, 0.2) is 30.1 Å². The Morgan fingerprint density at radius 2 is 1.71 bits per heavy atom. The summed E-state index contributed by atoms with van der Waals surface area (Å²) < 4.78 is 23.7. The first-order chi connectivity index (χ1) is 16.6. The van der Waals surface area contributed by atoms with Crippen molar-refractivity contribution in [1.82, 2.24) is 19.9 Å². The van der Waals surface area contributed by atoms with Crippen molar-refractivity contribution in [3.63, 3.8) is 0 Å². The summed E-state index contributed by atoms with van der Waals surface area (Å²) in [5.74, 6) is -1.41. The fourth-order valence-corrected chi connectivity index (χ4v) is 4.11. The highest BCUT2D eigenvalue weighted by Gasteiger charge is 2.51. The maximum atomic E-state index is 12.0. The minimum atomic E-state index is -1.10. The zero-order valence-electron chi connectivity index (χ0n) is 19.7. The second-order valence-electron chi connectivity index (χ2n) is 8.02. The molecule has 1 saturated heterocycles. The third kappa shape index (κ3) is 4.64. The summed E-state index contributed by atoms with van der Waals surface area (Å²) in [6.45, 7) is 4.77. The molecule has 1 fully saturated rings. The molecular weight excluding hydrogens is 464 g/mol. The van der Waals surface area contributed by atoms with Crippen LogP contribution in [0.3, 0.4) is 0 Å². The monoisotopic (exact) mass is 488 g/mol. The van der Waals surface area contributed by atoms with Crippen LogP contribution in [-0.2, 0) is 38.1 Å². The highest BCUT2D eigenvalue weighted by molar-refractivity contribution is 6.18. The number of hydrogen-bond donors (Lipinski definition) is 1. The van der Waals surface area contributed by atoms with Crippen molar-refractivity contribution >= 4 is 46.5 Å². The summed E-state index contributed by atoms with van der Waals surface area (Å²) in [6, 6.07) is 0. The van der Waals surface area contributed by atoms with Crippen LogP contribution in [0.1, 0.15) is 39.5 Å². The van der Waals surface area contributed by atoms with E-state index in [1.165, 1.54) is 39.0 Å². The molecule has 0 spiro atoms. The number of hydrogen-bond acceptors (Lipinski definition) is 12. The second-order valence-corrected chi connectivity index (χ2v) is 8.02. The van der Waals surface area contributed by atoms with Crippen LogP contribution in [0.5, 0.6) is 0 Å². The van der Waals surface area contributed by atoms with E-state index in [1.54, 1.807) is 17.8 Å². The summed E-state index contributed by atoms with van der Waals surface area (Å²) in [5, 5.41) is 9.13. The Labute approximate surface area is 199 Å². The third-order valence-electron chi connectivity index (χ3n) is 5.31. The fourth-order valence-electron chi connectivity index (χ4n) is 4.11. The quantitative estimate of drug-likeness (QED) is 0.445. The zero-order valence-corrected chi connectivity index (χ0v) is 19.7. The van der Waals surface area contributed by atoms with E-state index in [1.807, 2.05) is 0 Å². The van der Waals surface area contributed by atoms with Crippen LogP contribution in [0.15, 0.2) is 17.6 Å². The minimum absolute atomic E-state index is 0.241. The molecule has 14 nitrogen and oxygen atoms in total. The second kappa shape index (κ2) is 9.29. The van der Waals surface area contributed by atoms with Crippen molar-refractivity contribution in [3.8, 4) is 0 Å². The molecule has 0 unspecified atom stereocenters. The Morgan fingerprint density at radius 3 is 2.34 bits per heavy atom. The molecule has 0 radical (unpaired) electrons. The first-order valence-corrected chi connectivity index (χ1v) is 10.7. The Bertz CT molecular complexity index is 1240. The molecule has 2 aromatic heterocycles. The van der Waals surface area contributed by atoms with E-state index in [-0.39, 0.29) is 18.3 Å². The summed E-state index contributed by atoms with van der Waals surface area (Å²) >= 11 is 0. The van der Waals surface area contributed by atoms with Gasteiger partial charge in [0.1, 0.15) is 24.7 Å². The van der Waals surface area contributed by atoms with Crippen LogP contribution in [0.4, 0.5) is 5.82 Å². The number of aromatic nitrogens is 3. The summed E-state index contributed by atoms with van der Waals surface area (Å²) in [7, 11) is 1.67. The van der Waals surface area contributed by atoms with Crippen molar-refractivity contribution in [2.75, 3.05) is 18.7 Å². The molecule has 1 N–H and O–H groups in total. The van der Waals surface area contributed by atoms with Crippen LogP contribution < -0.4 is 10.3 Å². The molecule has 0 aromatic carbocycles. The smallest absolute Gasteiger partial charge is 0.303 e. The highest BCUT2D eigenvalue weighted by atomic mass is 16.7. The maximum Gasteiger partial charge on any atom is 0.303 e. The van der Waals surface area contributed by atoms with Crippen LogP contribution in [0.2, 0.25) is 0 Å². The maximum absolute atomic E-state index is 12.0. The van der Waals surface area contributed by atoms with Crippen molar-refractivity contribution in [2.24, 2.45) is 5.10 Å². The van der Waals surface area contributed by atoms with Gasteiger partial charge in [0.05, 0.1) is 10.9 Å². The molecule has 2 aliphatic rings. The number of ether oxygens (including phenoxy) is 4. The lowest BCUT2D eigenvalue weighted by Crippen LogP contribution is -2.40. The predicted octanol–water partition coefficient (Wildman–Crippen LogP) is 0.00270. The largest absolute Gasteiger partial charge is 0.463 e. The number of nitrogens with zero attached hydrogens (tertiary/aromatic N) is 5. The van der Waals surface area contributed by atoms with Crippen LogP contribution in [0.25, 0.3) is 11.0 Å². The van der Waals surface area contributed by atoms with E-state index >= 15 is 0 Å². The van der Waals surface area contributed by atoms with Gasteiger partial charge >= 0.3 is 17.9 Å². The predicted molar refractivity (Wildman–Crippen MR) is 118 cm³/mol. The summed E-state index contributed by atoms with van der Waals surface area (Å²) in [6.07, 6.45) is -1.16. The van der Waals surface area contributed by atoms with Crippen molar-refractivity contribution in [3.05, 3.63) is 18.1 Å². The number of carbonyl (C=O) groups is 4. The Hall–Kier alpha value is -4.07. The first-order valence-electron chi connectivity index (χ1n) is 10.7. The van der Waals surface area contributed by atoms with E-state index in [0.29, 0.717) is 22.4 Å².